The summed E-state index contributed by atoms with van der Waals surface area (Å²) in [5, 5.41) is 9.71. The number of aromatic hydroxyl groups is 1. The molecule has 2 aromatic carbocycles. The molecule has 1 atom stereocenters. The van der Waals surface area contributed by atoms with Gasteiger partial charge in [-0.05, 0) is 43.5 Å². The summed E-state index contributed by atoms with van der Waals surface area (Å²) in [6.45, 7) is 5.54. The summed E-state index contributed by atoms with van der Waals surface area (Å²) in [5.41, 5.74) is 5.30. The first-order valence-electron chi connectivity index (χ1n) is 9.07. The summed E-state index contributed by atoms with van der Waals surface area (Å²) in [6, 6.07) is 11.0. The van der Waals surface area contributed by atoms with E-state index >= 15 is 0 Å². The molecule has 8 nitrogen and oxygen atoms in total. The fraction of sp³-hybridized carbons (Fsp3) is 0.300. The molecule has 2 rings (SSSR count). The SMILES string of the molecule is Cc1ccc(S(=O)(=O)NC(CC(C)C)C(=O)NNC(=O)c2ccccc2O)cc1. The molecule has 0 fully saturated rings. The maximum atomic E-state index is 12.6. The Morgan fingerprint density at radius 1 is 1.00 bits per heavy atom. The topological polar surface area (TPSA) is 125 Å². The summed E-state index contributed by atoms with van der Waals surface area (Å²) < 4.78 is 27.7. The van der Waals surface area contributed by atoms with Gasteiger partial charge in [-0.25, -0.2) is 8.42 Å². The van der Waals surface area contributed by atoms with Crippen molar-refractivity contribution in [2.45, 2.75) is 38.1 Å². The van der Waals surface area contributed by atoms with Gasteiger partial charge in [-0.3, -0.25) is 20.4 Å². The van der Waals surface area contributed by atoms with Crippen LogP contribution in [-0.2, 0) is 14.8 Å². The average molecular weight is 420 g/mol. The Bertz CT molecular complexity index is 972. The number of benzene rings is 2. The zero-order chi connectivity index (χ0) is 21.6. The molecule has 9 heteroatoms. The molecule has 0 spiro atoms. The van der Waals surface area contributed by atoms with Crippen LogP contribution in [0, 0.1) is 12.8 Å². The molecular formula is C20H25N3O5S. The van der Waals surface area contributed by atoms with Crippen molar-refractivity contribution in [2.24, 2.45) is 5.92 Å². The summed E-state index contributed by atoms with van der Waals surface area (Å²) in [5.74, 6) is -1.65. The molecular weight excluding hydrogens is 394 g/mol. The highest BCUT2D eigenvalue weighted by atomic mass is 32.2. The van der Waals surface area contributed by atoms with Crippen LogP contribution in [0.3, 0.4) is 0 Å². The van der Waals surface area contributed by atoms with E-state index in [2.05, 4.69) is 15.6 Å². The second-order valence-corrected chi connectivity index (χ2v) is 8.79. The number of sulfonamides is 1. The Kier molecular flexibility index (Phi) is 7.35. The number of phenolic OH excluding ortho intramolecular Hbond substituents is 1. The van der Waals surface area contributed by atoms with Gasteiger partial charge in [-0.1, -0.05) is 43.7 Å². The van der Waals surface area contributed by atoms with E-state index in [-0.39, 0.29) is 28.5 Å². The van der Waals surface area contributed by atoms with Crippen LogP contribution in [0.5, 0.6) is 5.75 Å². The summed E-state index contributed by atoms with van der Waals surface area (Å²) in [6.07, 6.45) is 0.226. The highest BCUT2D eigenvalue weighted by Crippen LogP contribution is 2.15. The predicted molar refractivity (Wildman–Crippen MR) is 108 cm³/mol. The third kappa shape index (κ3) is 6.30. The van der Waals surface area contributed by atoms with Crippen molar-refractivity contribution in [3.8, 4) is 5.75 Å². The molecule has 0 aliphatic heterocycles. The lowest BCUT2D eigenvalue weighted by Crippen LogP contribution is -2.52. The molecule has 4 N–H and O–H groups in total. The van der Waals surface area contributed by atoms with Crippen molar-refractivity contribution in [1.29, 1.82) is 0 Å². The number of amides is 2. The van der Waals surface area contributed by atoms with Crippen molar-refractivity contribution in [3.63, 3.8) is 0 Å². The first-order valence-corrected chi connectivity index (χ1v) is 10.6. The van der Waals surface area contributed by atoms with Gasteiger partial charge in [0.25, 0.3) is 11.8 Å². The molecule has 0 saturated carbocycles. The van der Waals surface area contributed by atoms with Crippen molar-refractivity contribution < 1.29 is 23.1 Å². The molecule has 0 aliphatic rings. The van der Waals surface area contributed by atoms with Crippen LogP contribution in [-0.4, -0.2) is 31.4 Å². The number of phenols is 1. The van der Waals surface area contributed by atoms with E-state index in [0.717, 1.165) is 5.56 Å². The smallest absolute Gasteiger partial charge is 0.273 e. The third-order valence-corrected chi connectivity index (χ3v) is 5.59. The Labute approximate surface area is 170 Å². The van der Waals surface area contributed by atoms with E-state index in [0.29, 0.717) is 0 Å². The van der Waals surface area contributed by atoms with Gasteiger partial charge in [0, 0.05) is 0 Å². The lowest BCUT2D eigenvalue weighted by molar-refractivity contribution is -0.123. The minimum atomic E-state index is -3.93. The van der Waals surface area contributed by atoms with Crippen molar-refractivity contribution in [1.82, 2.24) is 15.6 Å². The van der Waals surface area contributed by atoms with Gasteiger partial charge in [0.2, 0.25) is 10.0 Å². The van der Waals surface area contributed by atoms with Crippen molar-refractivity contribution >= 4 is 21.8 Å². The minimum Gasteiger partial charge on any atom is -0.507 e. The van der Waals surface area contributed by atoms with E-state index in [1.54, 1.807) is 24.3 Å². The molecule has 2 aromatic rings. The van der Waals surface area contributed by atoms with Crippen molar-refractivity contribution in [2.75, 3.05) is 0 Å². The molecule has 0 radical (unpaired) electrons. The average Bonchev–Trinajstić information content (AvgIpc) is 2.65. The predicted octanol–water partition coefficient (Wildman–Crippen LogP) is 1.85. The number of carbonyl (C=O) groups is 2. The molecule has 0 aliphatic carbocycles. The fourth-order valence-corrected chi connectivity index (χ4v) is 3.80. The van der Waals surface area contributed by atoms with Crippen LogP contribution in [0.25, 0.3) is 0 Å². The monoisotopic (exact) mass is 419 g/mol. The van der Waals surface area contributed by atoms with Gasteiger partial charge in [0.15, 0.2) is 0 Å². The maximum absolute atomic E-state index is 12.6. The number of hydrogen-bond acceptors (Lipinski definition) is 5. The standard InChI is InChI=1S/C20H25N3O5S/c1-13(2)12-17(23-29(27,28)15-10-8-14(3)9-11-15)20(26)22-21-19(25)16-6-4-5-7-18(16)24/h4-11,13,17,23-24H,12H2,1-3H3,(H,21,25)(H,22,26). The molecule has 0 aromatic heterocycles. The molecule has 1 unspecified atom stereocenters. The number of hydrazine groups is 1. The Morgan fingerprint density at radius 2 is 1.62 bits per heavy atom. The molecule has 0 heterocycles. The van der Waals surface area contributed by atoms with Crippen LogP contribution in [0.4, 0.5) is 0 Å². The van der Waals surface area contributed by atoms with Gasteiger partial charge < -0.3 is 5.11 Å². The van der Waals surface area contributed by atoms with Crippen LogP contribution in [0.2, 0.25) is 0 Å². The maximum Gasteiger partial charge on any atom is 0.273 e. The second kappa shape index (κ2) is 9.53. The highest BCUT2D eigenvalue weighted by Gasteiger charge is 2.27. The first-order chi connectivity index (χ1) is 13.6. The number of para-hydroxylation sites is 1. The minimum absolute atomic E-state index is 0.0142. The number of nitrogens with one attached hydrogen (secondary N) is 3. The van der Waals surface area contributed by atoms with Crippen LogP contribution in [0.15, 0.2) is 53.4 Å². The van der Waals surface area contributed by atoms with Gasteiger partial charge in [0.1, 0.15) is 11.8 Å². The highest BCUT2D eigenvalue weighted by molar-refractivity contribution is 7.89. The molecule has 0 bridgehead atoms. The van der Waals surface area contributed by atoms with E-state index < -0.39 is 27.9 Å². The third-order valence-electron chi connectivity index (χ3n) is 4.10. The van der Waals surface area contributed by atoms with Gasteiger partial charge in [0.05, 0.1) is 10.5 Å². The molecule has 156 valence electrons. The normalized spacial score (nSPS) is 12.4. The number of carbonyl (C=O) groups excluding carboxylic acids is 2. The van der Waals surface area contributed by atoms with E-state index in [1.807, 2.05) is 20.8 Å². The van der Waals surface area contributed by atoms with Crippen LogP contribution in [0.1, 0.15) is 36.2 Å². The van der Waals surface area contributed by atoms with Crippen LogP contribution < -0.4 is 15.6 Å². The second-order valence-electron chi connectivity index (χ2n) is 7.08. The quantitative estimate of drug-likeness (QED) is 0.510. The summed E-state index contributed by atoms with van der Waals surface area (Å²) in [7, 11) is -3.93. The zero-order valence-corrected chi connectivity index (χ0v) is 17.3. The lowest BCUT2D eigenvalue weighted by Gasteiger charge is -2.20. The van der Waals surface area contributed by atoms with Crippen molar-refractivity contribution in [3.05, 3.63) is 59.7 Å². The Balaban J connectivity index is 2.10. The largest absolute Gasteiger partial charge is 0.507 e. The molecule has 29 heavy (non-hydrogen) atoms. The lowest BCUT2D eigenvalue weighted by atomic mass is 10.0. The summed E-state index contributed by atoms with van der Waals surface area (Å²) in [4.78, 5) is 24.7. The Morgan fingerprint density at radius 3 is 2.21 bits per heavy atom. The number of rotatable bonds is 7. The van der Waals surface area contributed by atoms with E-state index in [4.69, 9.17) is 0 Å². The number of hydrogen-bond donors (Lipinski definition) is 4. The van der Waals surface area contributed by atoms with E-state index in [1.165, 1.54) is 24.3 Å². The van der Waals surface area contributed by atoms with E-state index in [9.17, 15) is 23.1 Å². The van der Waals surface area contributed by atoms with Gasteiger partial charge in [-0.2, -0.15) is 4.72 Å². The number of aryl methyl sites for hydroxylation is 1. The fourth-order valence-electron chi connectivity index (χ4n) is 2.59. The molecule has 0 saturated heterocycles. The summed E-state index contributed by atoms with van der Waals surface area (Å²) >= 11 is 0. The Hall–Kier alpha value is -2.91. The first kappa shape index (κ1) is 22.4. The van der Waals surface area contributed by atoms with Gasteiger partial charge in [-0.15, -0.1) is 0 Å². The van der Waals surface area contributed by atoms with Crippen LogP contribution >= 0.6 is 0 Å². The van der Waals surface area contributed by atoms with Gasteiger partial charge >= 0.3 is 0 Å². The molecule has 2 amide bonds. The zero-order valence-electron chi connectivity index (χ0n) is 16.5.